The molecule has 0 aromatic heterocycles. The Morgan fingerprint density at radius 2 is 2.35 bits per heavy atom. The van der Waals surface area contributed by atoms with Gasteiger partial charge < -0.3 is 10.5 Å². The Kier molecular flexibility index (Phi) is 4.93. The molecule has 0 aliphatic carbocycles. The fourth-order valence-electron chi connectivity index (χ4n) is 1.80. The number of ether oxygens (including phenoxy) is 1. The third-order valence-corrected chi connectivity index (χ3v) is 2.80. The molecular formula is C11H19N3O3. The highest BCUT2D eigenvalue weighted by molar-refractivity contribution is 5.91. The second-order valence-corrected chi connectivity index (χ2v) is 4.23. The first kappa shape index (κ1) is 13.5. The largest absolute Gasteiger partial charge is 0.456 e. The summed E-state index contributed by atoms with van der Waals surface area (Å²) >= 11 is 0. The lowest BCUT2D eigenvalue weighted by Crippen LogP contribution is -2.28. The molecule has 0 saturated carbocycles. The van der Waals surface area contributed by atoms with Gasteiger partial charge in [-0.15, -0.1) is 0 Å². The van der Waals surface area contributed by atoms with Gasteiger partial charge in [-0.1, -0.05) is 19.8 Å². The molecule has 1 rings (SSSR count). The van der Waals surface area contributed by atoms with Gasteiger partial charge in [-0.2, -0.15) is 5.10 Å². The molecule has 1 saturated heterocycles. The summed E-state index contributed by atoms with van der Waals surface area (Å²) < 4.78 is 5.20. The number of hydrazone groups is 1. The lowest BCUT2D eigenvalue weighted by atomic mass is 9.97. The second-order valence-electron chi connectivity index (χ2n) is 4.23. The standard InChI is InChI=1S/C11H19N3O3/c1-3-4-5-8-6-9(17-10(8)15)7(2)13-14-11(12)16/h8-9H,3-6H2,1-2H3,(H3,12,14,16). The van der Waals surface area contributed by atoms with Crippen LogP contribution in [0, 0.1) is 5.92 Å². The predicted octanol–water partition coefficient (Wildman–Crippen LogP) is 1.15. The Bertz CT molecular complexity index is 328. The van der Waals surface area contributed by atoms with Crippen LogP contribution in [-0.2, 0) is 9.53 Å². The topological polar surface area (TPSA) is 93.8 Å². The van der Waals surface area contributed by atoms with Gasteiger partial charge in [0.2, 0.25) is 0 Å². The number of primary amides is 1. The smallest absolute Gasteiger partial charge is 0.332 e. The molecule has 1 aliphatic rings. The van der Waals surface area contributed by atoms with Crippen molar-refractivity contribution in [3.8, 4) is 0 Å². The normalized spacial score (nSPS) is 24.6. The Balaban J connectivity index is 2.50. The van der Waals surface area contributed by atoms with Gasteiger partial charge in [-0.05, 0) is 13.3 Å². The number of rotatable bonds is 5. The van der Waals surface area contributed by atoms with E-state index in [1.54, 1.807) is 6.92 Å². The maximum Gasteiger partial charge on any atom is 0.332 e. The van der Waals surface area contributed by atoms with Gasteiger partial charge in [0.15, 0.2) is 0 Å². The van der Waals surface area contributed by atoms with E-state index in [4.69, 9.17) is 10.5 Å². The minimum Gasteiger partial charge on any atom is -0.456 e. The Hall–Kier alpha value is -1.59. The molecule has 0 aromatic carbocycles. The van der Waals surface area contributed by atoms with Crippen molar-refractivity contribution in [2.45, 2.75) is 45.6 Å². The lowest BCUT2D eigenvalue weighted by Gasteiger charge is -2.07. The Morgan fingerprint density at radius 3 is 2.94 bits per heavy atom. The van der Waals surface area contributed by atoms with E-state index < -0.39 is 6.03 Å². The molecule has 0 radical (unpaired) electrons. The maximum absolute atomic E-state index is 11.5. The third-order valence-electron chi connectivity index (χ3n) is 2.80. The number of carbonyl (C=O) groups excluding carboxylic acids is 2. The van der Waals surface area contributed by atoms with Gasteiger partial charge >= 0.3 is 12.0 Å². The van der Waals surface area contributed by atoms with Crippen LogP contribution in [0.4, 0.5) is 4.79 Å². The molecule has 2 unspecified atom stereocenters. The van der Waals surface area contributed by atoms with Gasteiger partial charge in [0.05, 0.1) is 11.6 Å². The lowest BCUT2D eigenvalue weighted by molar-refractivity contribution is -0.142. The summed E-state index contributed by atoms with van der Waals surface area (Å²) in [6.45, 7) is 3.79. The van der Waals surface area contributed by atoms with E-state index in [-0.39, 0.29) is 18.0 Å². The van der Waals surface area contributed by atoms with E-state index in [0.29, 0.717) is 12.1 Å². The predicted molar refractivity (Wildman–Crippen MR) is 63.3 cm³/mol. The van der Waals surface area contributed by atoms with E-state index in [1.165, 1.54) is 0 Å². The summed E-state index contributed by atoms with van der Waals surface area (Å²) in [6, 6.07) is -0.726. The SMILES string of the molecule is CCCCC1CC(C(C)=NNC(N)=O)OC1=O. The number of unbranched alkanes of at least 4 members (excludes halogenated alkanes) is 1. The quantitative estimate of drug-likeness (QED) is 0.429. The molecule has 1 heterocycles. The van der Waals surface area contributed by atoms with E-state index in [0.717, 1.165) is 19.3 Å². The molecule has 2 amide bonds. The van der Waals surface area contributed by atoms with Gasteiger partial charge in [-0.3, -0.25) is 4.79 Å². The number of esters is 1. The minimum atomic E-state index is -0.726. The molecule has 17 heavy (non-hydrogen) atoms. The zero-order chi connectivity index (χ0) is 12.8. The van der Waals surface area contributed by atoms with E-state index in [2.05, 4.69) is 17.5 Å². The van der Waals surface area contributed by atoms with Crippen LogP contribution >= 0.6 is 0 Å². The van der Waals surface area contributed by atoms with Gasteiger partial charge in [0.1, 0.15) is 6.10 Å². The van der Waals surface area contributed by atoms with Crippen molar-refractivity contribution in [1.29, 1.82) is 0 Å². The molecule has 6 nitrogen and oxygen atoms in total. The molecular weight excluding hydrogens is 222 g/mol. The van der Waals surface area contributed by atoms with Crippen LogP contribution < -0.4 is 11.2 Å². The molecule has 0 aromatic rings. The van der Waals surface area contributed by atoms with Crippen LogP contribution in [0.25, 0.3) is 0 Å². The number of amides is 2. The van der Waals surface area contributed by atoms with Crippen LogP contribution in [0.15, 0.2) is 5.10 Å². The molecule has 6 heteroatoms. The van der Waals surface area contributed by atoms with Crippen molar-refractivity contribution in [2.75, 3.05) is 0 Å². The average Bonchev–Trinajstić information content (AvgIpc) is 2.65. The second kappa shape index (κ2) is 6.22. The maximum atomic E-state index is 11.5. The highest BCUT2D eigenvalue weighted by Gasteiger charge is 2.35. The van der Waals surface area contributed by atoms with Gasteiger partial charge in [-0.25, -0.2) is 10.2 Å². The summed E-state index contributed by atoms with van der Waals surface area (Å²) in [5, 5.41) is 3.77. The first-order chi connectivity index (χ1) is 8.04. The molecule has 1 aliphatic heterocycles. The van der Waals surface area contributed by atoms with Crippen LogP contribution in [0.5, 0.6) is 0 Å². The zero-order valence-corrected chi connectivity index (χ0v) is 10.2. The highest BCUT2D eigenvalue weighted by atomic mass is 16.6. The summed E-state index contributed by atoms with van der Waals surface area (Å²) in [7, 11) is 0. The van der Waals surface area contributed by atoms with Crippen LogP contribution in [0.3, 0.4) is 0 Å². The molecule has 2 atom stereocenters. The molecule has 0 bridgehead atoms. The molecule has 3 N–H and O–H groups in total. The van der Waals surface area contributed by atoms with Gasteiger partial charge in [0, 0.05) is 6.42 Å². The fraction of sp³-hybridized carbons (Fsp3) is 0.727. The number of carbonyl (C=O) groups is 2. The Labute approximate surface area is 101 Å². The number of cyclic esters (lactones) is 1. The molecule has 0 spiro atoms. The molecule has 96 valence electrons. The van der Waals surface area contributed by atoms with Crippen LogP contribution in [-0.4, -0.2) is 23.8 Å². The van der Waals surface area contributed by atoms with E-state index in [1.807, 2.05) is 0 Å². The van der Waals surface area contributed by atoms with E-state index in [9.17, 15) is 9.59 Å². The zero-order valence-electron chi connectivity index (χ0n) is 10.2. The van der Waals surface area contributed by atoms with Crippen molar-refractivity contribution >= 4 is 17.7 Å². The van der Waals surface area contributed by atoms with Crippen molar-refractivity contribution in [1.82, 2.24) is 5.43 Å². The number of nitrogens with one attached hydrogen (secondary N) is 1. The average molecular weight is 241 g/mol. The van der Waals surface area contributed by atoms with Crippen LogP contribution in [0.1, 0.15) is 39.5 Å². The van der Waals surface area contributed by atoms with Crippen molar-refractivity contribution in [3.63, 3.8) is 0 Å². The van der Waals surface area contributed by atoms with E-state index >= 15 is 0 Å². The number of urea groups is 1. The highest BCUT2D eigenvalue weighted by Crippen LogP contribution is 2.26. The number of nitrogens with zero attached hydrogens (tertiary/aromatic N) is 1. The van der Waals surface area contributed by atoms with Gasteiger partial charge in [0.25, 0.3) is 0 Å². The third kappa shape index (κ3) is 4.05. The van der Waals surface area contributed by atoms with Crippen molar-refractivity contribution < 1.29 is 14.3 Å². The summed E-state index contributed by atoms with van der Waals surface area (Å²) in [4.78, 5) is 22.0. The van der Waals surface area contributed by atoms with Crippen molar-refractivity contribution in [3.05, 3.63) is 0 Å². The van der Waals surface area contributed by atoms with Crippen LogP contribution in [0.2, 0.25) is 0 Å². The molecule has 1 fully saturated rings. The first-order valence-corrected chi connectivity index (χ1v) is 5.84. The number of nitrogens with two attached hydrogens (primary N) is 1. The monoisotopic (exact) mass is 241 g/mol. The summed E-state index contributed by atoms with van der Waals surface area (Å²) in [5.41, 5.74) is 7.59. The number of hydrogen-bond donors (Lipinski definition) is 2. The summed E-state index contributed by atoms with van der Waals surface area (Å²) in [5.74, 6) is -0.212. The number of hydrogen-bond acceptors (Lipinski definition) is 4. The first-order valence-electron chi connectivity index (χ1n) is 5.84. The van der Waals surface area contributed by atoms with Crippen molar-refractivity contribution in [2.24, 2.45) is 16.8 Å². The minimum absolute atomic E-state index is 0.0429. The summed E-state index contributed by atoms with van der Waals surface area (Å²) in [6.07, 6.45) is 3.22. The Morgan fingerprint density at radius 1 is 1.65 bits per heavy atom. The fourth-order valence-corrected chi connectivity index (χ4v) is 1.80.